The highest BCUT2D eigenvalue weighted by Gasteiger charge is 2.23. The predicted octanol–water partition coefficient (Wildman–Crippen LogP) is 4.93. The van der Waals surface area contributed by atoms with Crippen molar-refractivity contribution in [2.45, 2.75) is 18.4 Å². The predicted molar refractivity (Wildman–Crippen MR) is 87.8 cm³/mol. The minimum absolute atomic E-state index is 0.262. The van der Waals surface area contributed by atoms with Crippen LogP contribution >= 0.6 is 23.4 Å². The quantitative estimate of drug-likeness (QED) is 0.750. The second-order valence-corrected chi connectivity index (χ2v) is 6.27. The Kier molecular flexibility index (Phi) is 4.22. The van der Waals surface area contributed by atoms with Crippen molar-refractivity contribution in [1.29, 1.82) is 0 Å². The molecule has 0 spiro atoms. The summed E-state index contributed by atoms with van der Waals surface area (Å²) in [7, 11) is 0. The monoisotopic (exact) mass is 318 g/mol. The van der Waals surface area contributed by atoms with Crippen molar-refractivity contribution in [2.75, 3.05) is 6.61 Å². The van der Waals surface area contributed by atoms with E-state index < -0.39 is 0 Å². The number of benzene rings is 2. The molecule has 0 unspecified atom stereocenters. The molecule has 0 saturated heterocycles. The zero-order chi connectivity index (χ0) is 14.8. The largest absolute Gasteiger partial charge is 0.462 e. The molecule has 0 fully saturated rings. The van der Waals surface area contributed by atoms with Crippen molar-refractivity contribution >= 4 is 29.3 Å². The molecule has 108 valence electrons. The Labute approximate surface area is 133 Å². The van der Waals surface area contributed by atoms with Crippen LogP contribution in [0.1, 0.15) is 28.4 Å². The van der Waals surface area contributed by atoms with Gasteiger partial charge in [-0.2, -0.15) is 11.8 Å². The summed E-state index contributed by atoms with van der Waals surface area (Å²) in [6.07, 6.45) is 0. The first-order chi connectivity index (χ1) is 10.2. The van der Waals surface area contributed by atoms with Crippen LogP contribution in [0, 0.1) is 0 Å². The van der Waals surface area contributed by atoms with Gasteiger partial charge in [-0.1, -0.05) is 29.8 Å². The van der Waals surface area contributed by atoms with E-state index in [9.17, 15) is 4.79 Å². The molecule has 2 aromatic carbocycles. The fourth-order valence-corrected chi connectivity index (χ4v) is 3.83. The number of hydrogen-bond acceptors (Lipinski definition) is 3. The van der Waals surface area contributed by atoms with Crippen molar-refractivity contribution in [2.24, 2.45) is 0 Å². The molecule has 1 aliphatic heterocycles. The first kappa shape index (κ1) is 14.5. The van der Waals surface area contributed by atoms with Crippen molar-refractivity contribution in [1.82, 2.24) is 0 Å². The molecule has 2 aromatic rings. The van der Waals surface area contributed by atoms with Gasteiger partial charge in [0.1, 0.15) is 0 Å². The van der Waals surface area contributed by atoms with Crippen LogP contribution in [0.3, 0.4) is 0 Å². The number of thioether (sulfide) groups is 1. The van der Waals surface area contributed by atoms with E-state index in [1.54, 1.807) is 0 Å². The van der Waals surface area contributed by atoms with E-state index in [2.05, 4.69) is 0 Å². The van der Waals surface area contributed by atoms with Crippen LogP contribution in [-0.4, -0.2) is 12.6 Å². The molecule has 0 aromatic heterocycles. The van der Waals surface area contributed by atoms with Gasteiger partial charge in [0.05, 0.1) is 12.2 Å². The van der Waals surface area contributed by atoms with Crippen molar-refractivity contribution in [3.63, 3.8) is 0 Å². The van der Waals surface area contributed by atoms with Gasteiger partial charge in [-0.3, -0.25) is 0 Å². The molecule has 0 N–H and O–H groups in total. The molecule has 0 atom stereocenters. The summed E-state index contributed by atoms with van der Waals surface area (Å²) in [4.78, 5) is 12.3. The third-order valence-electron chi connectivity index (χ3n) is 3.54. The van der Waals surface area contributed by atoms with E-state index >= 15 is 0 Å². The average molecular weight is 319 g/mol. The number of rotatable bonds is 3. The summed E-state index contributed by atoms with van der Waals surface area (Å²) < 4.78 is 5.20. The van der Waals surface area contributed by atoms with Gasteiger partial charge < -0.3 is 4.74 Å². The standard InChI is InChI=1S/C17H15ClO2S/c1-2-20-17(19)14-8-5-12-9-21-10-15(12)16(14)11-3-6-13(18)7-4-11/h3-8H,2,9-10H2,1H3. The van der Waals surface area contributed by atoms with Gasteiger partial charge in [-0.05, 0) is 41.8 Å². The maximum Gasteiger partial charge on any atom is 0.338 e. The average Bonchev–Trinajstić information content (AvgIpc) is 2.96. The molecule has 0 saturated carbocycles. The smallest absolute Gasteiger partial charge is 0.338 e. The van der Waals surface area contributed by atoms with Crippen LogP contribution in [0.2, 0.25) is 5.02 Å². The molecular weight excluding hydrogens is 304 g/mol. The zero-order valence-corrected chi connectivity index (χ0v) is 13.3. The molecule has 0 aliphatic carbocycles. The first-order valence-electron chi connectivity index (χ1n) is 6.86. The van der Waals surface area contributed by atoms with E-state index in [0.29, 0.717) is 17.2 Å². The summed E-state index contributed by atoms with van der Waals surface area (Å²) in [6.45, 7) is 2.20. The highest BCUT2D eigenvalue weighted by atomic mass is 35.5. The Bertz CT molecular complexity index is 680. The van der Waals surface area contributed by atoms with Crippen LogP contribution in [0.4, 0.5) is 0 Å². The maximum absolute atomic E-state index is 12.3. The highest BCUT2D eigenvalue weighted by Crippen LogP contribution is 2.39. The minimum Gasteiger partial charge on any atom is -0.462 e. The van der Waals surface area contributed by atoms with E-state index in [4.69, 9.17) is 16.3 Å². The minimum atomic E-state index is -0.262. The molecular formula is C17H15ClO2S. The molecule has 1 aliphatic rings. The molecule has 0 radical (unpaired) electrons. The van der Waals surface area contributed by atoms with Crippen LogP contribution in [0.25, 0.3) is 11.1 Å². The Morgan fingerprint density at radius 1 is 1.19 bits per heavy atom. The van der Waals surface area contributed by atoms with Gasteiger partial charge in [0.15, 0.2) is 0 Å². The topological polar surface area (TPSA) is 26.3 Å². The third-order valence-corrected chi connectivity index (χ3v) is 4.80. The molecule has 0 bridgehead atoms. The first-order valence-corrected chi connectivity index (χ1v) is 8.39. The Hall–Kier alpha value is -1.45. The number of esters is 1. The van der Waals surface area contributed by atoms with Crippen molar-refractivity contribution in [3.05, 3.63) is 58.1 Å². The lowest BCUT2D eigenvalue weighted by atomic mass is 9.92. The molecule has 3 rings (SSSR count). The van der Waals surface area contributed by atoms with Gasteiger partial charge in [-0.25, -0.2) is 4.79 Å². The van der Waals surface area contributed by atoms with Crippen LogP contribution in [-0.2, 0) is 16.2 Å². The lowest BCUT2D eigenvalue weighted by Crippen LogP contribution is -2.08. The summed E-state index contributed by atoms with van der Waals surface area (Å²) in [6, 6.07) is 11.6. The Balaban J connectivity index is 2.17. The van der Waals surface area contributed by atoms with Crippen molar-refractivity contribution < 1.29 is 9.53 Å². The van der Waals surface area contributed by atoms with Crippen LogP contribution in [0.5, 0.6) is 0 Å². The summed E-state index contributed by atoms with van der Waals surface area (Å²) in [5.74, 6) is 1.67. The summed E-state index contributed by atoms with van der Waals surface area (Å²) in [5.41, 5.74) is 5.20. The second-order valence-electron chi connectivity index (χ2n) is 4.85. The van der Waals surface area contributed by atoms with E-state index in [-0.39, 0.29) is 5.97 Å². The molecule has 21 heavy (non-hydrogen) atoms. The van der Waals surface area contributed by atoms with Crippen LogP contribution < -0.4 is 0 Å². The second kappa shape index (κ2) is 6.12. The normalized spacial score (nSPS) is 13.0. The lowest BCUT2D eigenvalue weighted by molar-refractivity contribution is 0.0527. The molecule has 0 amide bonds. The zero-order valence-electron chi connectivity index (χ0n) is 11.7. The molecule has 4 heteroatoms. The van der Waals surface area contributed by atoms with Gasteiger partial charge >= 0.3 is 5.97 Å². The number of ether oxygens (including phenoxy) is 1. The SMILES string of the molecule is CCOC(=O)c1ccc2c(c1-c1ccc(Cl)cc1)CSC2. The lowest BCUT2D eigenvalue weighted by Gasteiger charge is -2.14. The maximum atomic E-state index is 12.3. The van der Waals surface area contributed by atoms with Crippen molar-refractivity contribution in [3.8, 4) is 11.1 Å². The molecule has 2 nitrogen and oxygen atoms in total. The van der Waals surface area contributed by atoms with Crippen LogP contribution in [0.15, 0.2) is 36.4 Å². The number of hydrogen-bond donors (Lipinski definition) is 0. The number of halogens is 1. The Morgan fingerprint density at radius 3 is 2.67 bits per heavy atom. The third kappa shape index (κ3) is 2.81. The van der Waals surface area contributed by atoms with Gasteiger partial charge in [0, 0.05) is 22.1 Å². The van der Waals surface area contributed by atoms with E-state index in [1.807, 2.05) is 55.1 Å². The number of carbonyl (C=O) groups excluding carboxylic acids is 1. The van der Waals surface area contributed by atoms with Gasteiger partial charge in [0.25, 0.3) is 0 Å². The number of carbonyl (C=O) groups is 1. The van der Waals surface area contributed by atoms with E-state index in [0.717, 1.165) is 22.6 Å². The fourth-order valence-electron chi connectivity index (χ4n) is 2.58. The van der Waals surface area contributed by atoms with Gasteiger partial charge in [0.2, 0.25) is 0 Å². The fraction of sp³-hybridized carbons (Fsp3) is 0.235. The summed E-state index contributed by atoms with van der Waals surface area (Å²) in [5, 5.41) is 0.693. The summed E-state index contributed by atoms with van der Waals surface area (Å²) >= 11 is 7.84. The molecule has 1 heterocycles. The van der Waals surface area contributed by atoms with Gasteiger partial charge in [-0.15, -0.1) is 0 Å². The number of fused-ring (bicyclic) bond motifs is 1. The highest BCUT2D eigenvalue weighted by molar-refractivity contribution is 7.98. The van der Waals surface area contributed by atoms with E-state index in [1.165, 1.54) is 11.1 Å². The Morgan fingerprint density at radius 2 is 1.95 bits per heavy atom.